The summed E-state index contributed by atoms with van der Waals surface area (Å²) in [5, 5.41) is 0. The third-order valence-electron chi connectivity index (χ3n) is 6.69. The van der Waals surface area contributed by atoms with E-state index in [4.69, 9.17) is 9.47 Å². The van der Waals surface area contributed by atoms with Gasteiger partial charge in [-0.15, -0.1) is 0 Å². The SMILES string of the molecule is CCCCC1CCC(C(=O)N2CCN(Cc3ccc4c(c3)OCO4)CC2)CC1. The van der Waals surface area contributed by atoms with E-state index in [0.29, 0.717) is 12.7 Å². The van der Waals surface area contributed by atoms with Crippen LogP contribution in [0.1, 0.15) is 57.4 Å². The smallest absolute Gasteiger partial charge is 0.231 e. The van der Waals surface area contributed by atoms with Crippen molar-refractivity contribution in [2.45, 2.75) is 58.4 Å². The van der Waals surface area contributed by atoms with Crippen LogP contribution in [0.3, 0.4) is 0 Å². The first-order valence-electron chi connectivity index (χ1n) is 11.1. The predicted molar refractivity (Wildman–Crippen MR) is 109 cm³/mol. The number of amides is 1. The van der Waals surface area contributed by atoms with E-state index in [-0.39, 0.29) is 5.92 Å². The lowest BCUT2D eigenvalue weighted by molar-refractivity contribution is -0.138. The average molecular weight is 387 g/mol. The van der Waals surface area contributed by atoms with E-state index < -0.39 is 0 Å². The van der Waals surface area contributed by atoms with Crippen LogP contribution in [0.4, 0.5) is 0 Å². The molecule has 5 heteroatoms. The third-order valence-corrected chi connectivity index (χ3v) is 6.69. The van der Waals surface area contributed by atoms with Gasteiger partial charge in [-0.3, -0.25) is 9.69 Å². The molecule has 2 heterocycles. The standard InChI is InChI=1S/C23H34N2O3/c1-2-3-4-18-5-8-20(9-6-18)23(26)25-13-11-24(12-14-25)16-19-7-10-21-22(15-19)28-17-27-21/h7,10,15,18,20H,2-6,8-9,11-14,16-17H2,1H3. The van der Waals surface area contributed by atoms with Gasteiger partial charge in [0.25, 0.3) is 0 Å². The van der Waals surface area contributed by atoms with Gasteiger partial charge in [-0.1, -0.05) is 32.3 Å². The molecule has 4 rings (SSSR count). The van der Waals surface area contributed by atoms with E-state index in [9.17, 15) is 4.79 Å². The molecule has 0 bridgehead atoms. The molecule has 3 aliphatic rings. The molecule has 2 fully saturated rings. The molecule has 1 amide bonds. The van der Waals surface area contributed by atoms with Crippen molar-refractivity contribution in [2.75, 3.05) is 33.0 Å². The van der Waals surface area contributed by atoms with Crippen molar-refractivity contribution in [1.29, 1.82) is 0 Å². The number of fused-ring (bicyclic) bond motifs is 1. The van der Waals surface area contributed by atoms with Crippen LogP contribution < -0.4 is 9.47 Å². The van der Waals surface area contributed by atoms with Crippen molar-refractivity contribution >= 4 is 5.91 Å². The summed E-state index contributed by atoms with van der Waals surface area (Å²) in [6.07, 6.45) is 8.69. The minimum absolute atomic E-state index is 0.276. The number of benzene rings is 1. The Labute approximate surface area is 169 Å². The van der Waals surface area contributed by atoms with E-state index in [0.717, 1.165) is 63.0 Å². The fourth-order valence-electron chi connectivity index (χ4n) is 4.87. The predicted octanol–water partition coefficient (Wildman–Crippen LogP) is 4.06. The van der Waals surface area contributed by atoms with Crippen LogP contribution in [0, 0.1) is 11.8 Å². The van der Waals surface area contributed by atoms with E-state index in [1.165, 1.54) is 37.7 Å². The summed E-state index contributed by atoms with van der Waals surface area (Å²) in [7, 11) is 0. The quantitative estimate of drug-likeness (QED) is 0.739. The molecule has 0 aromatic heterocycles. The highest BCUT2D eigenvalue weighted by Crippen LogP contribution is 2.34. The van der Waals surface area contributed by atoms with Crippen molar-refractivity contribution in [1.82, 2.24) is 9.80 Å². The van der Waals surface area contributed by atoms with E-state index in [2.05, 4.69) is 28.9 Å². The lowest BCUT2D eigenvalue weighted by atomic mass is 9.79. The van der Waals surface area contributed by atoms with Crippen LogP contribution in [0.25, 0.3) is 0 Å². The molecule has 5 nitrogen and oxygen atoms in total. The Morgan fingerprint density at radius 1 is 1.04 bits per heavy atom. The number of hydrogen-bond acceptors (Lipinski definition) is 4. The molecule has 0 spiro atoms. The summed E-state index contributed by atoms with van der Waals surface area (Å²) in [5.74, 6) is 3.24. The van der Waals surface area contributed by atoms with Gasteiger partial charge in [-0.05, 0) is 49.3 Å². The molecule has 0 unspecified atom stereocenters. The van der Waals surface area contributed by atoms with E-state index in [1.54, 1.807) is 0 Å². The number of carbonyl (C=O) groups is 1. The summed E-state index contributed by atoms with van der Waals surface area (Å²) in [4.78, 5) is 17.5. The van der Waals surface area contributed by atoms with E-state index in [1.807, 2.05) is 6.07 Å². The highest BCUT2D eigenvalue weighted by molar-refractivity contribution is 5.79. The fourth-order valence-corrected chi connectivity index (χ4v) is 4.87. The lowest BCUT2D eigenvalue weighted by Crippen LogP contribution is -2.50. The number of rotatable bonds is 6. The first-order chi connectivity index (χ1) is 13.7. The molecule has 1 aliphatic carbocycles. The Bertz CT molecular complexity index is 662. The number of piperazine rings is 1. The number of unbranched alkanes of at least 4 members (excludes halogenated alkanes) is 1. The number of carbonyl (C=O) groups excluding carboxylic acids is 1. The summed E-state index contributed by atoms with van der Waals surface area (Å²) < 4.78 is 10.9. The van der Waals surface area contributed by atoms with Crippen molar-refractivity contribution in [3.63, 3.8) is 0 Å². The summed E-state index contributed by atoms with van der Waals surface area (Å²) >= 11 is 0. The molecule has 1 saturated carbocycles. The van der Waals surface area contributed by atoms with Crippen LogP contribution in [0.5, 0.6) is 11.5 Å². The summed E-state index contributed by atoms with van der Waals surface area (Å²) in [6, 6.07) is 6.19. The first-order valence-corrected chi connectivity index (χ1v) is 11.1. The topological polar surface area (TPSA) is 42.0 Å². The maximum Gasteiger partial charge on any atom is 0.231 e. The monoisotopic (exact) mass is 386 g/mol. The average Bonchev–Trinajstić information content (AvgIpc) is 3.20. The second-order valence-electron chi connectivity index (χ2n) is 8.65. The molecule has 28 heavy (non-hydrogen) atoms. The summed E-state index contributed by atoms with van der Waals surface area (Å²) in [6.45, 7) is 7.11. The largest absolute Gasteiger partial charge is 0.454 e. The fraction of sp³-hybridized carbons (Fsp3) is 0.696. The molecular formula is C23H34N2O3. The van der Waals surface area contributed by atoms with Crippen LogP contribution >= 0.6 is 0 Å². The minimum atomic E-state index is 0.276. The molecule has 0 radical (unpaired) electrons. The molecule has 0 atom stereocenters. The Morgan fingerprint density at radius 2 is 1.79 bits per heavy atom. The van der Waals surface area contributed by atoms with Gasteiger partial charge in [-0.2, -0.15) is 0 Å². The van der Waals surface area contributed by atoms with Crippen LogP contribution in [-0.2, 0) is 11.3 Å². The summed E-state index contributed by atoms with van der Waals surface area (Å²) in [5.41, 5.74) is 1.24. The second-order valence-corrected chi connectivity index (χ2v) is 8.65. The maximum absolute atomic E-state index is 12.9. The van der Waals surface area contributed by atoms with Crippen molar-refractivity contribution < 1.29 is 14.3 Å². The Morgan fingerprint density at radius 3 is 2.54 bits per heavy atom. The van der Waals surface area contributed by atoms with Gasteiger partial charge in [0.05, 0.1) is 0 Å². The molecule has 0 N–H and O–H groups in total. The Balaban J connectivity index is 1.21. The number of ether oxygens (including phenoxy) is 2. The molecule has 1 saturated heterocycles. The van der Waals surface area contributed by atoms with Gasteiger partial charge in [0.15, 0.2) is 11.5 Å². The zero-order valence-electron chi connectivity index (χ0n) is 17.2. The third kappa shape index (κ3) is 4.62. The van der Waals surface area contributed by atoms with Gasteiger partial charge in [0, 0.05) is 38.6 Å². The van der Waals surface area contributed by atoms with E-state index >= 15 is 0 Å². The van der Waals surface area contributed by atoms with Crippen molar-refractivity contribution in [2.24, 2.45) is 11.8 Å². The van der Waals surface area contributed by atoms with Gasteiger partial charge in [0.1, 0.15) is 0 Å². The highest BCUT2D eigenvalue weighted by Gasteiger charge is 2.31. The Kier molecular flexibility index (Phi) is 6.40. The molecule has 2 aliphatic heterocycles. The molecular weight excluding hydrogens is 352 g/mol. The molecule has 154 valence electrons. The minimum Gasteiger partial charge on any atom is -0.454 e. The zero-order valence-corrected chi connectivity index (χ0v) is 17.2. The maximum atomic E-state index is 12.9. The lowest BCUT2D eigenvalue weighted by Gasteiger charge is -2.38. The first kappa shape index (κ1) is 19.6. The van der Waals surface area contributed by atoms with Crippen LogP contribution in [-0.4, -0.2) is 48.7 Å². The normalized spacial score (nSPS) is 25.1. The highest BCUT2D eigenvalue weighted by atomic mass is 16.7. The van der Waals surface area contributed by atoms with Crippen LogP contribution in [0.2, 0.25) is 0 Å². The van der Waals surface area contributed by atoms with Gasteiger partial charge in [-0.25, -0.2) is 0 Å². The molecule has 1 aromatic rings. The zero-order chi connectivity index (χ0) is 19.3. The number of hydrogen-bond donors (Lipinski definition) is 0. The van der Waals surface area contributed by atoms with Crippen LogP contribution in [0.15, 0.2) is 18.2 Å². The number of nitrogens with zero attached hydrogens (tertiary/aromatic N) is 2. The molecule has 1 aromatic carbocycles. The van der Waals surface area contributed by atoms with Gasteiger partial charge >= 0.3 is 0 Å². The van der Waals surface area contributed by atoms with Gasteiger partial charge < -0.3 is 14.4 Å². The van der Waals surface area contributed by atoms with Crippen molar-refractivity contribution in [3.8, 4) is 11.5 Å². The second kappa shape index (κ2) is 9.17. The Hall–Kier alpha value is -1.75. The van der Waals surface area contributed by atoms with Crippen molar-refractivity contribution in [3.05, 3.63) is 23.8 Å². The van der Waals surface area contributed by atoms with Gasteiger partial charge in [0.2, 0.25) is 12.7 Å².